The van der Waals surface area contributed by atoms with Crippen molar-refractivity contribution in [2.45, 2.75) is 52.9 Å². The van der Waals surface area contributed by atoms with Gasteiger partial charge in [-0.05, 0) is 130 Å². The van der Waals surface area contributed by atoms with Crippen LogP contribution >= 0.6 is 0 Å². The predicted molar refractivity (Wildman–Crippen MR) is 223 cm³/mol. The molecule has 53 heavy (non-hydrogen) atoms. The molecule has 0 amide bonds. The quantitative estimate of drug-likeness (QED) is 0.151. The lowest BCUT2D eigenvalue weighted by atomic mass is 9.81. The van der Waals surface area contributed by atoms with Gasteiger partial charge in [-0.3, -0.25) is 0 Å². The summed E-state index contributed by atoms with van der Waals surface area (Å²) >= 11 is 0. The Morgan fingerprint density at radius 3 is 1.91 bits per heavy atom. The van der Waals surface area contributed by atoms with Gasteiger partial charge < -0.3 is 8.98 Å². The molecule has 0 N–H and O–H groups in total. The molecule has 8 aromatic rings. The lowest BCUT2D eigenvalue weighted by molar-refractivity contribution is 0.620. The lowest BCUT2D eigenvalue weighted by Crippen LogP contribution is -2.03. The molecule has 1 atom stereocenters. The van der Waals surface area contributed by atoms with Gasteiger partial charge in [-0.25, -0.2) is 4.98 Å². The maximum Gasteiger partial charge on any atom is 0.227 e. The summed E-state index contributed by atoms with van der Waals surface area (Å²) < 4.78 is 8.52. The van der Waals surface area contributed by atoms with Crippen LogP contribution in [0.4, 0.5) is 0 Å². The Hall–Kier alpha value is -5.93. The summed E-state index contributed by atoms with van der Waals surface area (Å²) in [6, 6.07) is 48.9. The van der Waals surface area contributed by atoms with Crippen LogP contribution in [0, 0.1) is 5.92 Å². The highest BCUT2D eigenvalue weighted by Crippen LogP contribution is 2.42. The third kappa shape index (κ3) is 6.10. The van der Waals surface area contributed by atoms with Gasteiger partial charge in [0.2, 0.25) is 5.89 Å². The minimum absolute atomic E-state index is 0.453. The molecule has 0 saturated carbocycles. The molecule has 2 aromatic heterocycles. The number of allylic oxidation sites excluding steroid dienone is 4. The first-order valence-electron chi connectivity index (χ1n) is 19.2. The summed E-state index contributed by atoms with van der Waals surface area (Å²) in [7, 11) is 0. The van der Waals surface area contributed by atoms with Crippen molar-refractivity contribution in [3.8, 4) is 28.3 Å². The van der Waals surface area contributed by atoms with Crippen molar-refractivity contribution in [1.29, 1.82) is 0 Å². The molecule has 0 radical (unpaired) electrons. The first kappa shape index (κ1) is 32.9. The molecular weight excluding hydrogens is 645 g/mol. The molecule has 2 heterocycles. The monoisotopic (exact) mass is 688 g/mol. The van der Waals surface area contributed by atoms with E-state index in [-0.39, 0.29) is 0 Å². The van der Waals surface area contributed by atoms with Gasteiger partial charge >= 0.3 is 0 Å². The molecule has 1 aliphatic carbocycles. The zero-order valence-electron chi connectivity index (χ0n) is 30.8. The van der Waals surface area contributed by atoms with Crippen LogP contribution in [-0.4, -0.2) is 9.55 Å². The van der Waals surface area contributed by atoms with Gasteiger partial charge in [0.1, 0.15) is 5.52 Å². The highest BCUT2D eigenvalue weighted by molar-refractivity contribution is 6.10. The fourth-order valence-electron chi connectivity index (χ4n) is 8.25. The van der Waals surface area contributed by atoms with Crippen LogP contribution in [0.1, 0.15) is 62.3 Å². The number of nitrogens with zero attached hydrogens (tertiary/aromatic N) is 2. The maximum atomic E-state index is 6.07. The number of hydrogen-bond acceptors (Lipinski definition) is 2. The van der Waals surface area contributed by atoms with Gasteiger partial charge in [-0.15, -0.1) is 0 Å². The predicted octanol–water partition coefficient (Wildman–Crippen LogP) is 13.7. The standard InChI is InChI=1S/C50H44N2O/c1-4-10-34-17-28-47-44(31-34)45-32-35(11-5-2)18-29-48(45)52(47)39-25-23-37(24-26-39)40-12-6-7-13-42(40)43-30-33(3)16-27-41(43)36-19-21-38(22-20-36)50-51-46-14-8-9-15-49(46)53-50/h6-9,12-29,31-33H,4-5,10-11,30H2,1-3H3. The van der Waals surface area contributed by atoms with E-state index in [1.807, 2.05) is 24.3 Å². The highest BCUT2D eigenvalue weighted by atomic mass is 16.3. The number of aromatic nitrogens is 2. The third-order valence-corrected chi connectivity index (χ3v) is 10.8. The number of fused-ring (bicyclic) bond motifs is 4. The summed E-state index contributed by atoms with van der Waals surface area (Å²) in [5.41, 5.74) is 16.8. The second-order valence-corrected chi connectivity index (χ2v) is 14.6. The molecule has 1 aliphatic rings. The maximum absolute atomic E-state index is 6.07. The molecule has 1 unspecified atom stereocenters. The molecule has 0 bridgehead atoms. The molecule has 3 heteroatoms. The Bertz CT molecular complexity index is 2570. The Kier molecular flexibility index (Phi) is 8.64. The second kappa shape index (κ2) is 13.9. The molecular formula is C50H44N2O. The smallest absolute Gasteiger partial charge is 0.227 e. The first-order chi connectivity index (χ1) is 26.1. The Balaban J connectivity index is 1.10. The molecule has 6 aromatic carbocycles. The van der Waals surface area contributed by atoms with Crippen molar-refractivity contribution in [3.05, 3.63) is 168 Å². The summed E-state index contributed by atoms with van der Waals surface area (Å²) in [5, 5.41) is 2.69. The van der Waals surface area contributed by atoms with Crippen LogP contribution in [0.2, 0.25) is 0 Å². The van der Waals surface area contributed by atoms with Gasteiger partial charge in [0.05, 0.1) is 11.0 Å². The second-order valence-electron chi connectivity index (χ2n) is 14.6. The molecule has 0 saturated heterocycles. The van der Waals surface area contributed by atoms with E-state index in [9.17, 15) is 0 Å². The summed E-state index contributed by atoms with van der Waals surface area (Å²) in [6.07, 6.45) is 10.1. The van der Waals surface area contributed by atoms with Crippen molar-refractivity contribution in [3.63, 3.8) is 0 Å². The van der Waals surface area contributed by atoms with Crippen molar-refractivity contribution in [1.82, 2.24) is 9.55 Å². The summed E-state index contributed by atoms with van der Waals surface area (Å²) in [6.45, 7) is 6.83. The molecule has 9 rings (SSSR count). The zero-order valence-corrected chi connectivity index (χ0v) is 30.8. The molecule has 260 valence electrons. The summed E-state index contributed by atoms with van der Waals surface area (Å²) in [4.78, 5) is 4.72. The first-order valence-corrected chi connectivity index (χ1v) is 19.2. The van der Waals surface area contributed by atoms with Gasteiger partial charge in [-0.2, -0.15) is 0 Å². The minimum Gasteiger partial charge on any atom is -0.436 e. The lowest BCUT2D eigenvalue weighted by Gasteiger charge is -2.23. The minimum atomic E-state index is 0.453. The van der Waals surface area contributed by atoms with Crippen LogP contribution in [-0.2, 0) is 12.8 Å². The third-order valence-electron chi connectivity index (χ3n) is 10.8. The van der Waals surface area contributed by atoms with Crippen molar-refractivity contribution < 1.29 is 4.42 Å². The topological polar surface area (TPSA) is 31.0 Å². The van der Waals surface area contributed by atoms with Crippen molar-refractivity contribution >= 4 is 44.1 Å². The van der Waals surface area contributed by atoms with E-state index in [1.165, 1.54) is 72.0 Å². The Morgan fingerprint density at radius 2 is 1.25 bits per heavy atom. The van der Waals surface area contributed by atoms with Gasteiger partial charge in [0.25, 0.3) is 0 Å². The van der Waals surface area contributed by atoms with E-state index >= 15 is 0 Å². The van der Waals surface area contributed by atoms with Gasteiger partial charge in [0, 0.05) is 22.0 Å². The molecule has 0 spiro atoms. The van der Waals surface area contributed by atoms with E-state index in [1.54, 1.807) is 0 Å². The average molecular weight is 689 g/mol. The van der Waals surface area contributed by atoms with E-state index in [0.29, 0.717) is 11.8 Å². The van der Waals surface area contributed by atoms with E-state index < -0.39 is 0 Å². The number of para-hydroxylation sites is 2. The van der Waals surface area contributed by atoms with Crippen molar-refractivity contribution in [2.75, 3.05) is 0 Å². The average Bonchev–Trinajstić information content (AvgIpc) is 3.78. The van der Waals surface area contributed by atoms with E-state index in [0.717, 1.165) is 48.8 Å². The number of rotatable bonds is 9. The van der Waals surface area contributed by atoms with E-state index in [2.05, 4.69) is 147 Å². The van der Waals surface area contributed by atoms with Crippen LogP contribution in [0.15, 0.2) is 150 Å². The molecule has 0 aliphatic heterocycles. The normalized spacial score (nSPS) is 14.6. The van der Waals surface area contributed by atoms with Gasteiger partial charge in [-0.1, -0.05) is 119 Å². The summed E-state index contributed by atoms with van der Waals surface area (Å²) in [5.74, 6) is 1.10. The molecule has 3 nitrogen and oxygen atoms in total. The zero-order chi connectivity index (χ0) is 35.9. The van der Waals surface area contributed by atoms with Crippen LogP contribution in [0.3, 0.4) is 0 Å². The Morgan fingerprint density at radius 1 is 0.642 bits per heavy atom. The van der Waals surface area contributed by atoms with Crippen molar-refractivity contribution in [2.24, 2.45) is 5.92 Å². The SMILES string of the molecule is CCCc1ccc2c(c1)c1cc(CCC)ccc1n2-c1ccc(-c2ccccc2C2=C(c3ccc(-c4nc5ccccc5o4)cc3)C=CC(C)C2)cc1. The van der Waals surface area contributed by atoms with E-state index in [4.69, 9.17) is 9.40 Å². The fourth-order valence-corrected chi connectivity index (χ4v) is 8.25. The highest BCUT2D eigenvalue weighted by Gasteiger charge is 2.20. The Labute approximate surface area is 311 Å². The van der Waals surface area contributed by atoms with Gasteiger partial charge in [0.15, 0.2) is 5.58 Å². The number of benzene rings is 6. The number of aryl methyl sites for hydroxylation is 2. The van der Waals surface area contributed by atoms with Crippen LogP contribution in [0.25, 0.3) is 72.3 Å². The number of hydrogen-bond donors (Lipinski definition) is 0. The molecule has 0 fully saturated rings. The van der Waals surface area contributed by atoms with Crippen LogP contribution < -0.4 is 0 Å². The largest absolute Gasteiger partial charge is 0.436 e. The fraction of sp³-hybridized carbons (Fsp3) is 0.180. The number of oxazole rings is 1. The van der Waals surface area contributed by atoms with Crippen LogP contribution in [0.5, 0.6) is 0 Å².